The summed E-state index contributed by atoms with van der Waals surface area (Å²) in [5.41, 5.74) is 4.71. The Labute approximate surface area is 167 Å². The van der Waals surface area contributed by atoms with Crippen LogP contribution in [-0.2, 0) is 6.61 Å². The highest BCUT2D eigenvalue weighted by Crippen LogP contribution is 2.27. The molecular formula is C22H19N5O2. The molecule has 0 fully saturated rings. The van der Waals surface area contributed by atoms with Crippen LogP contribution in [0.25, 0.3) is 10.8 Å². The van der Waals surface area contributed by atoms with Crippen LogP contribution in [0.4, 0.5) is 5.82 Å². The highest BCUT2D eigenvalue weighted by molar-refractivity contribution is 6.02. The average Bonchev–Trinajstić information content (AvgIpc) is 2.76. The van der Waals surface area contributed by atoms with E-state index >= 15 is 0 Å². The van der Waals surface area contributed by atoms with E-state index in [-0.39, 0.29) is 0 Å². The van der Waals surface area contributed by atoms with Crippen molar-refractivity contribution in [3.05, 3.63) is 94.0 Å². The lowest BCUT2D eigenvalue weighted by atomic mass is 10.0. The molecule has 4 rings (SSSR count). The minimum absolute atomic E-state index is 0.303. The Kier molecular flexibility index (Phi) is 5.29. The number of rotatable bonds is 6. The number of nitrogens with one attached hydrogen (secondary N) is 2. The maximum Gasteiger partial charge on any atom is 0.363 e. The van der Waals surface area contributed by atoms with Crippen LogP contribution in [-0.4, -0.2) is 21.4 Å². The van der Waals surface area contributed by atoms with Crippen molar-refractivity contribution in [1.29, 1.82) is 0 Å². The van der Waals surface area contributed by atoms with Gasteiger partial charge in [0.25, 0.3) is 0 Å². The van der Waals surface area contributed by atoms with Gasteiger partial charge in [0.2, 0.25) is 0 Å². The van der Waals surface area contributed by atoms with Crippen LogP contribution in [0, 0.1) is 6.92 Å². The van der Waals surface area contributed by atoms with Gasteiger partial charge in [0.1, 0.15) is 18.1 Å². The van der Waals surface area contributed by atoms with Gasteiger partial charge in [0.05, 0.1) is 6.21 Å². The summed E-state index contributed by atoms with van der Waals surface area (Å²) in [6, 6.07) is 21.9. The van der Waals surface area contributed by atoms with Gasteiger partial charge in [-0.3, -0.25) is 5.43 Å². The molecule has 0 aliphatic carbocycles. The molecule has 0 spiro atoms. The highest BCUT2D eigenvalue weighted by Gasteiger charge is 2.08. The topological polar surface area (TPSA) is 92.3 Å². The number of benzene rings is 3. The summed E-state index contributed by atoms with van der Waals surface area (Å²) in [6.07, 6.45) is 1.67. The standard InChI is InChI=1S/C22H19N5O2/c1-15-21(24-22(28)27-25-15)26-23-13-19-18-10-6-5-9-17(18)11-12-20(19)29-14-16-7-3-2-4-8-16/h2-13H,14H2,1H3,(H2,24,26,27,28)/b23-13+. The first-order valence-corrected chi connectivity index (χ1v) is 9.11. The van der Waals surface area contributed by atoms with E-state index in [4.69, 9.17) is 4.74 Å². The third-order valence-corrected chi connectivity index (χ3v) is 4.41. The fourth-order valence-corrected chi connectivity index (χ4v) is 2.93. The van der Waals surface area contributed by atoms with Gasteiger partial charge in [-0.2, -0.15) is 15.2 Å². The van der Waals surface area contributed by atoms with Crippen LogP contribution in [0.1, 0.15) is 16.8 Å². The molecule has 0 radical (unpaired) electrons. The summed E-state index contributed by atoms with van der Waals surface area (Å²) < 4.78 is 6.07. The number of fused-ring (bicyclic) bond motifs is 1. The summed E-state index contributed by atoms with van der Waals surface area (Å²) in [5, 5.41) is 12.5. The Morgan fingerprint density at radius 1 is 1.07 bits per heavy atom. The van der Waals surface area contributed by atoms with Gasteiger partial charge in [-0.25, -0.2) is 9.89 Å². The predicted molar refractivity (Wildman–Crippen MR) is 113 cm³/mol. The molecule has 0 amide bonds. The number of nitrogens with zero attached hydrogens (tertiary/aromatic N) is 3. The number of hydrogen-bond donors (Lipinski definition) is 2. The first-order chi connectivity index (χ1) is 14.2. The molecule has 0 bridgehead atoms. The lowest BCUT2D eigenvalue weighted by Gasteiger charge is -2.12. The van der Waals surface area contributed by atoms with Gasteiger partial charge in [-0.15, -0.1) is 0 Å². The Hall–Kier alpha value is -4.00. The molecule has 144 valence electrons. The molecule has 1 aromatic heterocycles. The van der Waals surface area contributed by atoms with Gasteiger partial charge in [-0.1, -0.05) is 60.7 Å². The van der Waals surface area contributed by atoms with Gasteiger partial charge < -0.3 is 4.74 Å². The number of ether oxygens (including phenoxy) is 1. The van der Waals surface area contributed by atoms with Gasteiger partial charge in [0, 0.05) is 5.56 Å². The maximum atomic E-state index is 11.4. The molecule has 0 atom stereocenters. The van der Waals surface area contributed by atoms with Crippen molar-refractivity contribution in [2.75, 3.05) is 5.43 Å². The van der Waals surface area contributed by atoms with E-state index in [1.165, 1.54) is 0 Å². The van der Waals surface area contributed by atoms with Crippen LogP contribution >= 0.6 is 0 Å². The Bertz CT molecular complexity index is 1220. The molecule has 3 aromatic carbocycles. The van der Waals surface area contributed by atoms with Crippen LogP contribution < -0.4 is 15.9 Å². The van der Waals surface area contributed by atoms with Gasteiger partial charge >= 0.3 is 5.69 Å². The monoisotopic (exact) mass is 385 g/mol. The van der Waals surface area contributed by atoms with Crippen LogP contribution in [0.3, 0.4) is 0 Å². The zero-order valence-electron chi connectivity index (χ0n) is 15.8. The first-order valence-electron chi connectivity index (χ1n) is 9.11. The first kappa shape index (κ1) is 18.4. The quantitative estimate of drug-likeness (QED) is 0.390. The van der Waals surface area contributed by atoms with E-state index in [2.05, 4.69) is 25.7 Å². The second-order valence-corrected chi connectivity index (χ2v) is 6.42. The predicted octanol–water partition coefficient (Wildman–Crippen LogP) is 3.65. The van der Waals surface area contributed by atoms with Crippen LogP contribution in [0.2, 0.25) is 0 Å². The van der Waals surface area contributed by atoms with E-state index in [1.54, 1.807) is 13.1 Å². The van der Waals surface area contributed by atoms with Crippen molar-refractivity contribution in [2.24, 2.45) is 5.10 Å². The van der Waals surface area contributed by atoms with Crippen LogP contribution in [0.15, 0.2) is 76.6 Å². The van der Waals surface area contributed by atoms with E-state index in [0.717, 1.165) is 21.9 Å². The lowest BCUT2D eigenvalue weighted by molar-refractivity contribution is 0.306. The summed E-state index contributed by atoms with van der Waals surface area (Å²) in [4.78, 5) is 15.2. The minimum atomic E-state index is -0.537. The molecule has 29 heavy (non-hydrogen) atoms. The van der Waals surface area contributed by atoms with E-state index in [9.17, 15) is 4.79 Å². The van der Waals surface area contributed by atoms with Crippen molar-refractivity contribution >= 4 is 22.8 Å². The Morgan fingerprint density at radius 3 is 2.72 bits per heavy atom. The Morgan fingerprint density at radius 2 is 1.86 bits per heavy atom. The number of aromatic amines is 1. The molecule has 0 aliphatic rings. The third-order valence-electron chi connectivity index (χ3n) is 4.41. The van der Waals surface area contributed by atoms with E-state index < -0.39 is 5.69 Å². The van der Waals surface area contributed by atoms with Crippen LogP contribution in [0.5, 0.6) is 5.75 Å². The molecule has 2 N–H and O–H groups in total. The number of hydrazone groups is 1. The lowest BCUT2D eigenvalue weighted by Crippen LogP contribution is -2.15. The summed E-state index contributed by atoms with van der Waals surface area (Å²) in [6.45, 7) is 2.18. The Balaban J connectivity index is 1.65. The van der Waals surface area contributed by atoms with Crippen molar-refractivity contribution in [1.82, 2.24) is 15.2 Å². The average molecular weight is 385 g/mol. The maximum absolute atomic E-state index is 11.4. The number of H-pyrrole nitrogens is 1. The molecule has 1 heterocycles. The summed E-state index contributed by atoms with van der Waals surface area (Å²) >= 11 is 0. The molecule has 0 unspecified atom stereocenters. The zero-order chi connectivity index (χ0) is 20.1. The van der Waals surface area contributed by atoms with Crippen molar-refractivity contribution in [3.63, 3.8) is 0 Å². The van der Waals surface area contributed by atoms with Crippen molar-refractivity contribution < 1.29 is 4.74 Å². The molecule has 7 heteroatoms. The van der Waals surface area contributed by atoms with Crippen molar-refractivity contribution in [3.8, 4) is 5.75 Å². The second kappa shape index (κ2) is 8.35. The number of anilines is 1. The second-order valence-electron chi connectivity index (χ2n) is 6.42. The zero-order valence-corrected chi connectivity index (χ0v) is 15.8. The molecule has 0 aliphatic heterocycles. The largest absolute Gasteiger partial charge is 0.488 e. The SMILES string of the molecule is Cc1n[nH]c(=O)nc1N/N=C/c1c(OCc2ccccc2)ccc2ccccc12. The molecular weight excluding hydrogens is 366 g/mol. The molecule has 7 nitrogen and oxygen atoms in total. The number of aryl methyl sites for hydroxylation is 1. The fraction of sp³-hybridized carbons (Fsp3) is 0.0909. The number of hydrogen-bond acceptors (Lipinski definition) is 6. The van der Waals surface area contributed by atoms with E-state index in [0.29, 0.717) is 23.9 Å². The fourth-order valence-electron chi connectivity index (χ4n) is 2.93. The van der Waals surface area contributed by atoms with Gasteiger partial charge in [0.15, 0.2) is 5.82 Å². The molecule has 0 saturated carbocycles. The van der Waals surface area contributed by atoms with E-state index in [1.807, 2.05) is 66.7 Å². The molecule has 0 saturated heterocycles. The van der Waals surface area contributed by atoms with Gasteiger partial charge in [-0.05, 0) is 29.3 Å². The summed E-state index contributed by atoms with van der Waals surface area (Å²) in [7, 11) is 0. The third kappa shape index (κ3) is 4.30. The normalized spacial score (nSPS) is 11.1. The van der Waals surface area contributed by atoms with Crippen molar-refractivity contribution in [2.45, 2.75) is 13.5 Å². The number of aromatic nitrogens is 3. The highest BCUT2D eigenvalue weighted by atomic mass is 16.5. The minimum Gasteiger partial charge on any atom is -0.488 e. The smallest absolute Gasteiger partial charge is 0.363 e. The summed E-state index contributed by atoms with van der Waals surface area (Å²) in [5.74, 6) is 1.02. The molecule has 4 aromatic rings.